The smallest absolute Gasteiger partial charge is 0.111 e. The number of hydrogen-bond acceptors (Lipinski definition) is 3. The highest BCUT2D eigenvalue weighted by atomic mass is 14.9. The molecule has 0 aliphatic carbocycles. The van der Waals surface area contributed by atoms with Crippen LogP contribution in [0.4, 0.5) is 5.69 Å². The highest BCUT2D eigenvalue weighted by Crippen LogP contribution is 2.21. The van der Waals surface area contributed by atoms with Gasteiger partial charge in [-0.05, 0) is 11.6 Å². The number of hydrogen-bond donors (Lipinski definition) is 2. The minimum atomic E-state index is 0.328. The summed E-state index contributed by atoms with van der Waals surface area (Å²) < 4.78 is 0. The van der Waals surface area contributed by atoms with E-state index in [9.17, 15) is 0 Å². The van der Waals surface area contributed by atoms with E-state index < -0.39 is 0 Å². The third-order valence-corrected chi connectivity index (χ3v) is 1.99. The fourth-order valence-electron chi connectivity index (χ4n) is 1.31. The number of imidazole rings is 1. The Morgan fingerprint density at radius 2 is 2.38 bits per heavy atom. The number of fused-ring (bicyclic) bond motifs is 1. The maximum atomic E-state index is 8.53. The number of H-pyrrole nitrogens is 1. The van der Waals surface area contributed by atoms with E-state index in [1.807, 2.05) is 12.1 Å². The summed E-state index contributed by atoms with van der Waals surface area (Å²) in [6.45, 7) is 0. The summed E-state index contributed by atoms with van der Waals surface area (Å²) >= 11 is 0. The van der Waals surface area contributed by atoms with Crippen LogP contribution in [-0.2, 0) is 6.42 Å². The molecule has 4 heteroatoms. The number of nitrogens with one attached hydrogen (secondary N) is 1. The van der Waals surface area contributed by atoms with Crippen LogP contribution in [-0.4, -0.2) is 9.97 Å². The van der Waals surface area contributed by atoms with Gasteiger partial charge in [-0.15, -0.1) is 0 Å². The lowest BCUT2D eigenvalue weighted by atomic mass is 10.1. The van der Waals surface area contributed by atoms with Crippen LogP contribution in [0.15, 0.2) is 18.5 Å². The Balaban J connectivity index is 2.67. The highest BCUT2D eigenvalue weighted by Gasteiger charge is 2.05. The molecule has 4 nitrogen and oxygen atoms in total. The molecule has 1 aromatic carbocycles. The second kappa shape index (κ2) is 2.79. The van der Waals surface area contributed by atoms with Gasteiger partial charge < -0.3 is 10.7 Å². The first-order valence-electron chi connectivity index (χ1n) is 3.90. The molecule has 0 atom stereocenters. The van der Waals surface area contributed by atoms with Crippen molar-refractivity contribution >= 4 is 16.7 Å². The number of anilines is 1. The molecule has 0 fully saturated rings. The number of aromatic nitrogens is 2. The van der Waals surface area contributed by atoms with Crippen LogP contribution >= 0.6 is 0 Å². The van der Waals surface area contributed by atoms with Crippen molar-refractivity contribution in [2.45, 2.75) is 6.42 Å². The summed E-state index contributed by atoms with van der Waals surface area (Å²) in [5, 5.41) is 8.53. The zero-order chi connectivity index (χ0) is 9.26. The van der Waals surface area contributed by atoms with E-state index in [0.29, 0.717) is 12.1 Å². The van der Waals surface area contributed by atoms with E-state index >= 15 is 0 Å². The Labute approximate surface area is 75.0 Å². The predicted molar refractivity (Wildman–Crippen MR) is 49.8 cm³/mol. The molecule has 0 spiro atoms. The zero-order valence-electron chi connectivity index (χ0n) is 6.91. The van der Waals surface area contributed by atoms with E-state index in [2.05, 4.69) is 16.0 Å². The number of nitrogen functional groups attached to an aromatic ring is 1. The van der Waals surface area contributed by atoms with E-state index in [1.54, 1.807) is 6.33 Å². The molecule has 13 heavy (non-hydrogen) atoms. The molecule has 2 rings (SSSR count). The third-order valence-electron chi connectivity index (χ3n) is 1.99. The molecule has 0 aliphatic rings. The number of benzene rings is 1. The van der Waals surface area contributed by atoms with Gasteiger partial charge in [0.15, 0.2) is 0 Å². The number of nitriles is 1. The maximum absolute atomic E-state index is 8.53. The largest absolute Gasteiger partial charge is 0.397 e. The van der Waals surface area contributed by atoms with Crippen LogP contribution in [0.1, 0.15) is 5.56 Å². The van der Waals surface area contributed by atoms with Gasteiger partial charge >= 0.3 is 0 Å². The third kappa shape index (κ3) is 1.11. The summed E-state index contributed by atoms with van der Waals surface area (Å²) in [6.07, 6.45) is 1.92. The molecule has 0 saturated carbocycles. The summed E-state index contributed by atoms with van der Waals surface area (Å²) in [7, 11) is 0. The van der Waals surface area contributed by atoms with Crippen LogP contribution in [0.5, 0.6) is 0 Å². The molecule has 3 N–H and O–H groups in total. The number of nitrogens with zero attached hydrogens (tertiary/aromatic N) is 2. The Bertz CT molecular complexity index is 478. The summed E-state index contributed by atoms with van der Waals surface area (Å²) in [5.74, 6) is 0. The van der Waals surface area contributed by atoms with Crippen molar-refractivity contribution in [3.05, 3.63) is 24.0 Å². The Morgan fingerprint density at radius 3 is 3.15 bits per heavy atom. The number of aromatic amines is 1. The molecule has 0 aliphatic heterocycles. The second-order valence-electron chi connectivity index (χ2n) is 2.77. The first kappa shape index (κ1) is 7.62. The van der Waals surface area contributed by atoms with E-state index in [1.165, 1.54) is 0 Å². The molecule has 0 saturated heterocycles. The first-order valence-corrected chi connectivity index (χ1v) is 3.90. The van der Waals surface area contributed by atoms with Gasteiger partial charge in [-0.1, -0.05) is 6.07 Å². The van der Waals surface area contributed by atoms with Crippen LogP contribution in [0.3, 0.4) is 0 Å². The van der Waals surface area contributed by atoms with Gasteiger partial charge in [-0.25, -0.2) is 4.98 Å². The lowest BCUT2D eigenvalue weighted by Gasteiger charge is -2.00. The standard InChI is InChI=1S/C9H8N4/c10-4-3-6-1-2-7-9(8(6)11)13-5-12-7/h1-2,5H,3,11H2,(H,12,13). The molecular formula is C9H8N4. The van der Waals surface area contributed by atoms with Gasteiger partial charge in [0.05, 0.1) is 30.0 Å². The summed E-state index contributed by atoms with van der Waals surface area (Å²) in [6, 6.07) is 5.79. The fraction of sp³-hybridized carbons (Fsp3) is 0.111. The van der Waals surface area contributed by atoms with Gasteiger partial charge in [0.2, 0.25) is 0 Å². The molecule has 64 valence electrons. The van der Waals surface area contributed by atoms with Gasteiger partial charge in [-0.2, -0.15) is 5.26 Å². The van der Waals surface area contributed by atoms with E-state index in [0.717, 1.165) is 16.6 Å². The van der Waals surface area contributed by atoms with E-state index in [-0.39, 0.29) is 0 Å². The fourth-order valence-corrected chi connectivity index (χ4v) is 1.31. The number of rotatable bonds is 1. The molecule has 2 aromatic rings. The lowest BCUT2D eigenvalue weighted by Crippen LogP contribution is -1.94. The zero-order valence-corrected chi connectivity index (χ0v) is 6.91. The van der Waals surface area contributed by atoms with Crippen molar-refractivity contribution in [3.63, 3.8) is 0 Å². The SMILES string of the molecule is N#CCc1ccc2[nH]cnc2c1N. The second-order valence-corrected chi connectivity index (χ2v) is 2.77. The number of nitrogens with two attached hydrogens (primary N) is 1. The first-order chi connectivity index (χ1) is 6.33. The quantitative estimate of drug-likeness (QED) is 0.634. The topological polar surface area (TPSA) is 78.5 Å². The Kier molecular flexibility index (Phi) is 1.64. The average Bonchev–Trinajstić information content (AvgIpc) is 2.58. The van der Waals surface area contributed by atoms with Crippen molar-refractivity contribution in [2.24, 2.45) is 0 Å². The van der Waals surface area contributed by atoms with E-state index in [4.69, 9.17) is 11.0 Å². The Morgan fingerprint density at radius 1 is 1.54 bits per heavy atom. The normalized spacial score (nSPS) is 10.1. The van der Waals surface area contributed by atoms with Gasteiger partial charge in [-0.3, -0.25) is 0 Å². The highest BCUT2D eigenvalue weighted by molar-refractivity contribution is 5.88. The minimum Gasteiger partial charge on any atom is -0.397 e. The minimum absolute atomic E-state index is 0.328. The van der Waals surface area contributed by atoms with Crippen molar-refractivity contribution in [2.75, 3.05) is 5.73 Å². The molecular weight excluding hydrogens is 164 g/mol. The van der Waals surface area contributed by atoms with Crippen molar-refractivity contribution < 1.29 is 0 Å². The van der Waals surface area contributed by atoms with Crippen LogP contribution in [0.2, 0.25) is 0 Å². The summed E-state index contributed by atoms with van der Waals surface area (Å²) in [4.78, 5) is 7.03. The molecule has 0 unspecified atom stereocenters. The van der Waals surface area contributed by atoms with Crippen LogP contribution in [0.25, 0.3) is 11.0 Å². The van der Waals surface area contributed by atoms with Gasteiger partial charge in [0.25, 0.3) is 0 Å². The van der Waals surface area contributed by atoms with Crippen LogP contribution < -0.4 is 5.73 Å². The maximum Gasteiger partial charge on any atom is 0.111 e. The molecule has 0 bridgehead atoms. The van der Waals surface area contributed by atoms with Crippen molar-refractivity contribution in [3.8, 4) is 6.07 Å². The molecule has 0 amide bonds. The average molecular weight is 172 g/mol. The van der Waals surface area contributed by atoms with Crippen LogP contribution in [0, 0.1) is 11.3 Å². The molecule has 1 aromatic heterocycles. The lowest BCUT2D eigenvalue weighted by molar-refractivity contribution is 1.27. The predicted octanol–water partition coefficient (Wildman–Crippen LogP) is 1.21. The summed E-state index contributed by atoms with van der Waals surface area (Å²) in [5.41, 5.74) is 8.89. The monoisotopic (exact) mass is 172 g/mol. The molecule has 0 radical (unpaired) electrons. The van der Waals surface area contributed by atoms with Gasteiger partial charge in [0, 0.05) is 0 Å². The Hall–Kier alpha value is -2.02. The van der Waals surface area contributed by atoms with Crippen molar-refractivity contribution in [1.29, 1.82) is 5.26 Å². The van der Waals surface area contributed by atoms with Gasteiger partial charge in [0.1, 0.15) is 5.52 Å². The molecule has 1 heterocycles. The van der Waals surface area contributed by atoms with Crippen molar-refractivity contribution in [1.82, 2.24) is 9.97 Å².